The molecule has 0 aliphatic heterocycles. The first-order valence-corrected chi connectivity index (χ1v) is 10.7. The summed E-state index contributed by atoms with van der Waals surface area (Å²) < 4.78 is 47.5. The number of anilines is 1. The summed E-state index contributed by atoms with van der Waals surface area (Å²) in [6.07, 6.45) is 1.56. The van der Waals surface area contributed by atoms with Gasteiger partial charge in [0.2, 0.25) is 15.2 Å². The van der Waals surface area contributed by atoms with E-state index in [0.29, 0.717) is 27.8 Å². The van der Waals surface area contributed by atoms with E-state index in [1.54, 1.807) is 31.4 Å². The van der Waals surface area contributed by atoms with Gasteiger partial charge in [0.25, 0.3) is 0 Å². The first-order valence-electron chi connectivity index (χ1n) is 8.21. The van der Waals surface area contributed by atoms with Crippen molar-refractivity contribution in [2.45, 2.75) is 12.7 Å². The van der Waals surface area contributed by atoms with Crippen molar-refractivity contribution in [2.24, 2.45) is 0 Å². The largest absolute Gasteiger partial charge is 0.463 e. The number of thiazole rings is 1. The molecule has 10 heteroatoms. The zero-order valence-electron chi connectivity index (χ0n) is 14.7. The average molecular weight is 418 g/mol. The van der Waals surface area contributed by atoms with Crippen molar-refractivity contribution in [1.29, 1.82) is 0 Å². The van der Waals surface area contributed by atoms with Crippen LogP contribution in [0.1, 0.15) is 11.3 Å². The molecular weight excluding hydrogens is 403 g/mol. The fourth-order valence-corrected chi connectivity index (χ4v) is 4.56. The summed E-state index contributed by atoms with van der Waals surface area (Å²) in [5.74, 6) is 0.191. The Morgan fingerprint density at radius 3 is 2.75 bits per heavy atom. The number of benzene rings is 1. The minimum atomic E-state index is -3.73. The van der Waals surface area contributed by atoms with Gasteiger partial charge in [-0.05, 0) is 36.8 Å². The Hall–Kier alpha value is -2.98. The van der Waals surface area contributed by atoms with Crippen LogP contribution in [0.4, 0.5) is 10.2 Å². The van der Waals surface area contributed by atoms with Crippen molar-refractivity contribution in [1.82, 2.24) is 14.8 Å². The summed E-state index contributed by atoms with van der Waals surface area (Å²) in [4.78, 5) is 4.47. The van der Waals surface area contributed by atoms with Gasteiger partial charge in [-0.1, -0.05) is 12.1 Å². The average Bonchev–Trinajstić information content (AvgIpc) is 3.36. The van der Waals surface area contributed by atoms with E-state index in [1.165, 1.54) is 40.3 Å². The number of aryl methyl sites for hydroxylation is 1. The van der Waals surface area contributed by atoms with Crippen LogP contribution in [0.15, 0.2) is 58.5 Å². The number of aromatic nitrogens is 3. The summed E-state index contributed by atoms with van der Waals surface area (Å²) in [7, 11) is -3.73. The normalized spacial score (nSPS) is 11.6. The van der Waals surface area contributed by atoms with Crippen molar-refractivity contribution in [3.63, 3.8) is 0 Å². The summed E-state index contributed by atoms with van der Waals surface area (Å²) in [5.41, 5.74) is 1.75. The van der Waals surface area contributed by atoms with Crippen LogP contribution in [0.3, 0.4) is 0 Å². The van der Waals surface area contributed by atoms with Gasteiger partial charge in [0.05, 0.1) is 17.7 Å². The maximum Gasteiger partial charge on any atom is 0.238 e. The smallest absolute Gasteiger partial charge is 0.238 e. The Morgan fingerprint density at radius 2 is 2.04 bits per heavy atom. The number of furan rings is 1. The number of sulfonamides is 1. The molecular formula is C18H15FN4O3S2. The predicted octanol–water partition coefficient (Wildman–Crippen LogP) is 3.98. The van der Waals surface area contributed by atoms with E-state index >= 15 is 0 Å². The van der Waals surface area contributed by atoms with Gasteiger partial charge in [-0.15, -0.1) is 11.3 Å². The van der Waals surface area contributed by atoms with Gasteiger partial charge in [-0.2, -0.15) is 9.78 Å². The standard InChI is InChI=1S/C18H15FN4O3S2/c1-12-9-17(22-28(24,25)11-13-4-6-14(19)7-5-13)23(21-12)18-20-15(10-27-18)16-3-2-8-26-16/h2-10,22H,11H2,1H3. The Balaban J connectivity index is 1.60. The highest BCUT2D eigenvalue weighted by Crippen LogP contribution is 2.27. The summed E-state index contributed by atoms with van der Waals surface area (Å²) in [5, 5.41) is 6.64. The molecule has 3 heterocycles. The zero-order chi connectivity index (χ0) is 19.7. The van der Waals surface area contributed by atoms with Crippen molar-refractivity contribution < 1.29 is 17.2 Å². The Bertz CT molecular complexity index is 1200. The molecule has 4 aromatic rings. The van der Waals surface area contributed by atoms with Crippen molar-refractivity contribution >= 4 is 27.2 Å². The van der Waals surface area contributed by atoms with Crippen molar-refractivity contribution in [2.75, 3.05) is 4.72 Å². The van der Waals surface area contributed by atoms with Gasteiger partial charge < -0.3 is 4.42 Å². The first kappa shape index (κ1) is 18.4. The minimum Gasteiger partial charge on any atom is -0.463 e. The molecule has 0 aliphatic rings. The predicted molar refractivity (Wildman–Crippen MR) is 104 cm³/mol. The van der Waals surface area contributed by atoms with Crippen LogP contribution in [-0.4, -0.2) is 23.2 Å². The van der Waals surface area contributed by atoms with E-state index in [4.69, 9.17) is 4.42 Å². The van der Waals surface area contributed by atoms with Crippen LogP contribution in [0.25, 0.3) is 16.6 Å². The lowest BCUT2D eigenvalue weighted by atomic mass is 10.2. The van der Waals surface area contributed by atoms with E-state index in [0.717, 1.165) is 0 Å². The lowest BCUT2D eigenvalue weighted by Crippen LogP contribution is -2.17. The molecule has 7 nitrogen and oxygen atoms in total. The van der Waals surface area contributed by atoms with Crippen molar-refractivity contribution in [3.05, 3.63) is 71.2 Å². The Labute approximate surface area is 164 Å². The first-order chi connectivity index (χ1) is 13.4. The third kappa shape index (κ3) is 3.97. The van der Waals surface area contributed by atoms with E-state index in [1.807, 2.05) is 5.38 Å². The van der Waals surface area contributed by atoms with Gasteiger partial charge >= 0.3 is 0 Å². The van der Waals surface area contributed by atoms with E-state index in [9.17, 15) is 12.8 Å². The molecule has 0 unspecified atom stereocenters. The Kier molecular flexibility index (Phi) is 4.73. The van der Waals surface area contributed by atoms with E-state index < -0.39 is 15.8 Å². The summed E-state index contributed by atoms with van der Waals surface area (Å²) >= 11 is 1.31. The lowest BCUT2D eigenvalue weighted by Gasteiger charge is -2.09. The van der Waals surface area contributed by atoms with Crippen LogP contribution in [0, 0.1) is 12.7 Å². The summed E-state index contributed by atoms with van der Waals surface area (Å²) in [6.45, 7) is 1.76. The fraction of sp³-hybridized carbons (Fsp3) is 0.111. The maximum absolute atomic E-state index is 13.0. The SMILES string of the molecule is Cc1cc(NS(=O)(=O)Cc2ccc(F)cc2)n(-c2nc(-c3ccco3)cs2)n1. The highest BCUT2D eigenvalue weighted by Gasteiger charge is 2.18. The molecule has 0 aliphatic carbocycles. The number of hydrogen-bond donors (Lipinski definition) is 1. The van der Waals surface area contributed by atoms with Crippen molar-refractivity contribution in [3.8, 4) is 16.6 Å². The van der Waals surface area contributed by atoms with E-state index in [2.05, 4.69) is 14.8 Å². The third-order valence-electron chi connectivity index (χ3n) is 3.81. The molecule has 0 spiro atoms. The molecule has 0 radical (unpaired) electrons. The van der Waals surface area contributed by atoms with Crippen LogP contribution >= 0.6 is 11.3 Å². The van der Waals surface area contributed by atoms with E-state index in [-0.39, 0.29) is 11.6 Å². The van der Waals surface area contributed by atoms with Crippen LogP contribution in [0.2, 0.25) is 0 Å². The molecule has 4 rings (SSSR count). The number of nitrogens with zero attached hydrogens (tertiary/aromatic N) is 3. The topological polar surface area (TPSA) is 90.0 Å². The molecule has 0 bridgehead atoms. The van der Waals surface area contributed by atoms with Gasteiger partial charge in [0, 0.05) is 11.4 Å². The minimum absolute atomic E-state index is 0.278. The van der Waals surface area contributed by atoms with Gasteiger partial charge in [0.1, 0.15) is 17.3 Å². The fourth-order valence-electron chi connectivity index (χ4n) is 2.61. The zero-order valence-corrected chi connectivity index (χ0v) is 16.3. The monoisotopic (exact) mass is 418 g/mol. The maximum atomic E-state index is 13.0. The third-order valence-corrected chi connectivity index (χ3v) is 5.86. The second-order valence-corrected chi connectivity index (χ2v) is 8.62. The summed E-state index contributed by atoms with van der Waals surface area (Å²) in [6, 6.07) is 10.5. The molecule has 0 saturated heterocycles. The van der Waals surface area contributed by atoms with Crippen LogP contribution in [0.5, 0.6) is 0 Å². The second kappa shape index (κ2) is 7.21. The molecule has 1 aromatic carbocycles. The molecule has 0 atom stereocenters. The quantitative estimate of drug-likeness (QED) is 0.512. The highest BCUT2D eigenvalue weighted by atomic mass is 32.2. The number of rotatable bonds is 6. The molecule has 3 aromatic heterocycles. The second-order valence-electron chi connectivity index (χ2n) is 6.06. The molecule has 28 heavy (non-hydrogen) atoms. The molecule has 1 N–H and O–H groups in total. The molecule has 0 amide bonds. The lowest BCUT2D eigenvalue weighted by molar-refractivity contribution is 0.580. The number of nitrogens with one attached hydrogen (secondary N) is 1. The molecule has 144 valence electrons. The van der Waals surface area contributed by atoms with Gasteiger partial charge in [-0.3, -0.25) is 4.72 Å². The highest BCUT2D eigenvalue weighted by molar-refractivity contribution is 7.91. The Morgan fingerprint density at radius 1 is 1.25 bits per heavy atom. The van der Waals surface area contributed by atoms with Crippen LogP contribution < -0.4 is 4.72 Å². The number of halogens is 1. The van der Waals surface area contributed by atoms with Gasteiger partial charge in [0.15, 0.2) is 5.76 Å². The number of hydrogen-bond acceptors (Lipinski definition) is 6. The van der Waals surface area contributed by atoms with Gasteiger partial charge in [-0.25, -0.2) is 17.8 Å². The molecule has 0 fully saturated rings. The molecule has 0 saturated carbocycles. The van der Waals surface area contributed by atoms with Crippen LogP contribution in [-0.2, 0) is 15.8 Å².